The van der Waals surface area contributed by atoms with E-state index in [1.807, 2.05) is 24.9 Å². The molecule has 2 rings (SSSR count). The molecule has 0 radical (unpaired) electrons. The lowest BCUT2D eigenvalue weighted by molar-refractivity contribution is 0.652. The van der Waals surface area contributed by atoms with Crippen molar-refractivity contribution in [2.24, 2.45) is 0 Å². The molecule has 2 aromatic carbocycles. The van der Waals surface area contributed by atoms with Gasteiger partial charge >= 0.3 is 0 Å². The van der Waals surface area contributed by atoms with Crippen molar-refractivity contribution >= 4 is 23.4 Å². The minimum absolute atomic E-state index is 0.389. The van der Waals surface area contributed by atoms with Gasteiger partial charge in [-0.15, -0.1) is 11.8 Å². The summed E-state index contributed by atoms with van der Waals surface area (Å²) in [6.07, 6.45) is 0. The number of nitrogens with one attached hydrogen (secondary N) is 1. The van der Waals surface area contributed by atoms with E-state index in [0.717, 1.165) is 10.8 Å². The van der Waals surface area contributed by atoms with Crippen molar-refractivity contribution in [2.75, 3.05) is 7.05 Å². The number of halogens is 1. The van der Waals surface area contributed by atoms with E-state index >= 15 is 0 Å². The normalized spacial score (nSPS) is 12.4. The van der Waals surface area contributed by atoms with Crippen LogP contribution in [0.3, 0.4) is 0 Å². The Morgan fingerprint density at radius 1 is 1.15 bits per heavy atom. The minimum atomic E-state index is 0.389. The third-order valence-corrected chi connectivity index (χ3v) is 4.83. The predicted octanol–water partition coefficient (Wildman–Crippen LogP) is 5.22. The highest BCUT2D eigenvalue weighted by atomic mass is 35.5. The van der Waals surface area contributed by atoms with Gasteiger partial charge < -0.3 is 5.32 Å². The fraction of sp³-hybridized carbons (Fsp3) is 0.294. The van der Waals surface area contributed by atoms with Gasteiger partial charge in [0.2, 0.25) is 0 Å². The monoisotopic (exact) mass is 305 g/mol. The van der Waals surface area contributed by atoms with Gasteiger partial charge in [-0.2, -0.15) is 0 Å². The molecule has 0 aliphatic carbocycles. The molecule has 0 aliphatic rings. The van der Waals surface area contributed by atoms with Crippen LogP contribution in [-0.4, -0.2) is 7.05 Å². The van der Waals surface area contributed by atoms with Crippen molar-refractivity contribution in [3.8, 4) is 0 Å². The van der Waals surface area contributed by atoms with Gasteiger partial charge in [0.1, 0.15) is 0 Å². The fourth-order valence-corrected chi connectivity index (χ4v) is 3.23. The van der Waals surface area contributed by atoms with E-state index in [2.05, 4.69) is 55.6 Å². The molecule has 1 unspecified atom stereocenters. The SMILES string of the molecule is CNC(C)c1ccc(SCc2ccc(C)cc2Cl)cc1. The number of rotatable bonds is 5. The second-order valence-electron chi connectivity index (χ2n) is 4.96. The first kappa shape index (κ1) is 15.4. The lowest BCUT2D eigenvalue weighted by Gasteiger charge is -2.11. The first-order valence-corrected chi connectivity index (χ1v) is 8.11. The van der Waals surface area contributed by atoms with E-state index in [-0.39, 0.29) is 0 Å². The molecule has 3 heteroatoms. The van der Waals surface area contributed by atoms with Gasteiger partial charge in [0, 0.05) is 21.7 Å². The third-order valence-electron chi connectivity index (χ3n) is 3.42. The molecule has 0 spiro atoms. The molecule has 106 valence electrons. The Labute approximate surface area is 130 Å². The van der Waals surface area contributed by atoms with Gasteiger partial charge in [-0.05, 0) is 55.8 Å². The summed E-state index contributed by atoms with van der Waals surface area (Å²) in [5.41, 5.74) is 3.70. The van der Waals surface area contributed by atoms with E-state index < -0.39 is 0 Å². The highest BCUT2D eigenvalue weighted by Gasteiger charge is 2.04. The van der Waals surface area contributed by atoms with Crippen LogP contribution in [0.2, 0.25) is 5.02 Å². The zero-order chi connectivity index (χ0) is 14.5. The Kier molecular flexibility index (Phi) is 5.53. The largest absolute Gasteiger partial charge is 0.313 e. The molecular weight excluding hydrogens is 286 g/mol. The Morgan fingerprint density at radius 3 is 2.45 bits per heavy atom. The second kappa shape index (κ2) is 7.16. The highest BCUT2D eigenvalue weighted by molar-refractivity contribution is 7.98. The van der Waals surface area contributed by atoms with Crippen LogP contribution in [0.4, 0.5) is 0 Å². The minimum Gasteiger partial charge on any atom is -0.313 e. The Balaban J connectivity index is 2.00. The quantitative estimate of drug-likeness (QED) is 0.760. The van der Waals surface area contributed by atoms with Crippen LogP contribution in [0.15, 0.2) is 47.4 Å². The standard InChI is InChI=1S/C17H20ClNS/c1-12-4-5-15(17(18)10-12)11-20-16-8-6-14(7-9-16)13(2)19-3/h4-10,13,19H,11H2,1-3H3. The van der Waals surface area contributed by atoms with Crippen molar-refractivity contribution in [3.63, 3.8) is 0 Å². The number of hydrogen-bond donors (Lipinski definition) is 1. The predicted molar refractivity (Wildman–Crippen MR) is 89.7 cm³/mol. The Morgan fingerprint density at radius 2 is 1.85 bits per heavy atom. The zero-order valence-corrected chi connectivity index (χ0v) is 13.7. The van der Waals surface area contributed by atoms with E-state index in [9.17, 15) is 0 Å². The number of aryl methyl sites for hydroxylation is 1. The van der Waals surface area contributed by atoms with E-state index in [1.165, 1.54) is 21.6 Å². The molecule has 1 nitrogen and oxygen atoms in total. The van der Waals surface area contributed by atoms with Gasteiger partial charge in [-0.25, -0.2) is 0 Å². The smallest absolute Gasteiger partial charge is 0.0449 e. The van der Waals surface area contributed by atoms with Crippen molar-refractivity contribution in [2.45, 2.75) is 30.5 Å². The topological polar surface area (TPSA) is 12.0 Å². The first-order valence-electron chi connectivity index (χ1n) is 6.75. The molecular formula is C17H20ClNS. The molecule has 20 heavy (non-hydrogen) atoms. The summed E-state index contributed by atoms with van der Waals surface area (Å²) >= 11 is 8.08. The van der Waals surface area contributed by atoms with Gasteiger partial charge in [0.05, 0.1) is 0 Å². The number of thioether (sulfide) groups is 1. The van der Waals surface area contributed by atoms with Crippen LogP contribution in [-0.2, 0) is 5.75 Å². The van der Waals surface area contributed by atoms with Crippen molar-refractivity contribution in [1.29, 1.82) is 0 Å². The maximum atomic E-state index is 6.26. The summed E-state index contributed by atoms with van der Waals surface area (Å²) in [5, 5.41) is 4.11. The molecule has 0 amide bonds. The van der Waals surface area contributed by atoms with Crippen molar-refractivity contribution in [1.82, 2.24) is 5.32 Å². The van der Waals surface area contributed by atoms with Gasteiger partial charge in [0.15, 0.2) is 0 Å². The second-order valence-corrected chi connectivity index (χ2v) is 6.42. The van der Waals surface area contributed by atoms with Crippen LogP contribution in [0.25, 0.3) is 0 Å². The van der Waals surface area contributed by atoms with Gasteiger partial charge in [-0.3, -0.25) is 0 Å². The van der Waals surface area contributed by atoms with Crippen molar-refractivity contribution < 1.29 is 0 Å². The zero-order valence-electron chi connectivity index (χ0n) is 12.1. The third kappa shape index (κ3) is 4.02. The molecule has 0 fully saturated rings. The number of hydrogen-bond acceptors (Lipinski definition) is 2. The van der Waals surface area contributed by atoms with E-state index in [4.69, 9.17) is 11.6 Å². The molecule has 0 aliphatic heterocycles. The summed E-state index contributed by atoms with van der Waals surface area (Å²) < 4.78 is 0. The maximum Gasteiger partial charge on any atom is 0.0449 e. The highest BCUT2D eigenvalue weighted by Crippen LogP contribution is 2.28. The van der Waals surface area contributed by atoms with Crippen LogP contribution >= 0.6 is 23.4 Å². The molecule has 0 saturated heterocycles. The van der Waals surface area contributed by atoms with Gasteiger partial charge in [-0.1, -0.05) is 35.9 Å². The summed E-state index contributed by atoms with van der Waals surface area (Å²) in [6.45, 7) is 4.22. The first-order chi connectivity index (χ1) is 9.60. The summed E-state index contributed by atoms with van der Waals surface area (Å²) in [6, 6.07) is 15.4. The van der Waals surface area contributed by atoms with E-state index in [1.54, 1.807) is 0 Å². The molecule has 0 saturated carbocycles. The molecule has 0 heterocycles. The summed E-state index contributed by atoms with van der Waals surface area (Å²) in [7, 11) is 1.98. The molecule has 1 N–H and O–H groups in total. The average Bonchev–Trinajstić information content (AvgIpc) is 2.46. The average molecular weight is 306 g/mol. The van der Waals surface area contributed by atoms with E-state index in [0.29, 0.717) is 6.04 Å². The van der Waals surface area contributed by atoms with Crippen molar-refractivity contribution in [3.05, 3.63) is 64.2 Å². The fourth-order valence-electron chi connectivity index (χ4n) is 1.95. The van der Waals surface area contributed by atoms with Crippen LogP contribution in [0.1, 0.15) is 29.7 Å². The van der Waals surface area contributed by atoms with Crippen LogP contribution in [0.5, 0.6) is 0 Å². The molecule has 0 aromatic heterocycles. The Hall–Kier alpha value is -0.960. The maximum absolute atomic E-state index is 6.26. The van der Waals surface area contributed by atoms with Gasteiger partial charge in [0.25, 0.3) is 0 Å². The molecule has 1 atom stereocenters. The Bertz CT molecular complexity index is 566. The molecule has 0 bridgehead atoms. The van der Waals surface area contributed by atoms with Crippen LogP contribution < -0.4 is 5.32 Å². The molecule has 2 aromatic rings. The lowest BCUT2D eigenvalue weighted by atomic mass is 10.1. The van der Waals surface area contributed by atoms with Crippen LogP contribution in [0, 0.1) is 6.92 Å². The lowest BCUT2D eigenvalue weighted by Crippen LogP contribution is -2.11. The summed E-state index contributed by atoms with van der Waals surface area (Å²) in [4.78, 5) is 1.27. The number of benzene rings is 2. The summed E-state index contributed by atoms with van der Waals surface area (Å²) in [5.74, 6) is 0.903.